The first kappa shape index (κ1) is 34.5. The normalized spacial score (nSPS) is 17.2. The van der Waals surface area contributed by atoms with E-state index in [1.54, 1.807) is 0 Å². The fourth-order valence-electron chi connectivity index (χ4n) is 5.12. The number of carboxylic acids is 3. The highest BCUT2D eigenvalue weighted by Gasteiger charge is 2.30. The lowest BCUT2D eigenvalue weighted by Gasteiger charge is -2.39. The summed E-state index contributed by atoms with van der Waals surface area (Å²) in [5.74, 6) is -2.90. The van der Waals surface area contributed by atoms with Gasteiger partial charge in [0.2, 0.25) is 0 Å². The Hall–Kier alpha value is -1.54. The van der Waals surface area contributed by atoms with Crippen LogP contribution in [0.25, 0.3) is 0 Å². The number of rotatable bonds is 20. The number of halogens is 1. The number of carbonyl (C=O) groups is 3. The van der Waals surface area contributed by atoms with Gasteiger partial charge in [-0.25, -0.2) is 0 Å². The number of carboxylic acid groups (broad SMARTS) is 3. The van der Waals surface area contributed by atoms with Gasteiger partial charge in [0, 0.05) is 50.7 Å². The predicted octanol–water partition coefficient (Wildman–Crippen LogP) is 3.12. The molecule has 5 N–H and O–H groups in total. The Morgan fingerprint density at radius 3 is 2.13 bits per heavy atom. The number of hydrogen-bond acceptors (Lipinski definition) is 7. The van der Waals surface area contributed by atoms with Gasteiger partial charge in [-0.05, 0) is 78.2 Å². The van der Waals surface area contributed by atoms with Crippen LogP contribution in [0.2, 0.25) is 0 Å². The second-order valence-corrected chi connectivity index (χ2v) is 11.9. The molecule has 10 nitrogen and oxygen atoms in total. The van der Waals surface area contributed by atoms with Crippen molar-refractivity contribution in [1.82, 2.24) is 14.7 Å². The molecule has 0 saturated heterocycles. The molecular weight excluding hydrogens is 603 g/mol. The molecule has 1 unspecified atom stereocenters. The van der Waals surface area contributed by atoms with E-state index < -0.39 is 17.9 Å². The average Bonchev–Trinajstić information content (AvgIpc) is 2.82. The molecule has 0 spiro atoms. The van der Waals surface area contributed by atoms with Crippen molar-refractivity contribution >= 4 is 40.5 Å². The van der Waals surface area contributed by atoms with Crippen LogP contribution in [0, 0.1) is 5.92 Å². The SMILES string of the molecule is CCN(CCN(CC(=O)O)C[C@H](C)N(CC(=O)O)C(CC1=CC=C(I)CC1)C[C@@H](C)CC(=O)O)[C@@H](C)CN. The van der Waals surface area contributed by atoms with E-state index in [1.807, 2.05) is 37.5 Å². The van der Waals surface area contributed by atoms with E-state index in [2.05, 4.69) is 39.6 Å². The van der Waals surface area contributed by atoms with Crippen LogP contribution < -0.4 is 5.73 Å². The summed E-state index contributed by atoms with van der Waals surface area (Å²) in [5.41, 5.74) is 7.05. The van der Waals surface area contributed by atoms with E-state index in [0.717, 1.165) is 19.4 Å². The molecule has 0 saturated carbocycles. The van der Waals surface area contributed by atoms with Crippen molar-refractivity contribution in [2.24, 2.45) is 11.7 Å². The second kappa shape index (κ2) is 17.9. The molecule has 0 fully saturated rings. The van der Waals surface area contributed by atoms with Crippen LogP contribution in [-0.4, -0.2) is 112 Å². The standard InChI is InChI=1S/C27H47IN4O6/c1-5-31(20(3)15-29)11-10-30(17-26(35)36)16-21(4)32(18-27(37)38)24(12-19(2)13-25(33)34)14-22-6-8-23(28)9-7-22/h6,8,19-21,24H,5,7,9-18,29H2,1-4H3,(H,33,34)(H,35,36)(H,37,38)/t19-,20+,21+,24?/m1/s1. The van der Waals surface area contributed by atoms with Crippen molar-refractivity contribution in [2.45, 2.75) is 77.9 Å². The lowest BCUT2D eigenvalue weighted by molar-refractivity contribution is -0.142. The number of hydrogen-bond donors (Lipinski definition) is 4. The van der Waals surface area contributed by atoms with Crippen LogP contribution >= 0.6 is 22.6 Å². The molecular formula is C27H47IN4O6. The van der Waals surface area contributed by atoms with Crippen LogP contribution in [0.1, 0.15) is 59.8 Å². The number of allylic oxidation sites excluding steroid dienone is 3. The van der Waals surface area contributed by atoms with E-state index in [1.165, 1.54) is 9.15 Å². The smallest absolute Gasteiger partial charge is 0.317 e. The maximum atomic E-state index is 12.0. The van der Waals surface area contributed by atoms with E-state index in [0.29, 0.717) is 39.0 Å². The predicted molar refractivity (Wildman–Crippen MR) is 158 cm³/mol. The lowest BCUT2D eigenvalue weighted by Crippen LogP contribution is -2.52. The van der Waals surface area contributed by atoms with Crippen molar-refractivity contribution in [3.63, 3.8) is 0 Å². The van der Waals surface area contributed by atoms with Gasteiger partial charge < -0.3 is 21.1 Å². The molecule has 0 aromatic heterocycles. The average molecular weight is 651 g/mol. The molecule has 0 aromatic rings. The van der Waals surface area contributed by atoms with E-state index in [-0.39, 0.29) is 43.6 Å². The first-order valence-corrected chi connectivity index (χ1v) is 14.6. The Balaban J connectivity index is 3.18. The molecule has 1 rings (SSSR count). The Morgan fingerprint density at radius 2 is 1.63 bits per heavy atom. The first-order valence-electron chi connectivity index (χ1n) is 13.5. The summed E-state index contributed by atoms with van der Waals surface area (Å²) >= 11 is 2.32. The van der Waals surface area contributed by atoms with Gasteiger partial charge in [0.15, 0.2) is 0 Å². The molecule has 1 aliphatic carbocycles. The maximum Gasteiger partial charge on any atom is 0.317 e. The van der Waals surface area contributed by atoms with Crippen molar-refractivity contribution in [3.8, 4) is 0 Å². The van der Waals surface area contributed by atoms with E-state index >= 15 is 0 Å². The number of nitrogens with two attached hydrogens (primary N) is 1. The quantitative estimate of drug-likeness (QED) is 0.145. The molecule has 0 amide bonds. The highest BCUT2D eigenvalue weighted by Crippen LogP contribution is 2.30. The summed E-state index contributed by atoms with van der Waals surface area (Å²) in [4.78, 5) is 41.0. The molecule has 218 valence electrons. The van der Waals surface area contributed by atoms with Crippen LogP contribution in [-0.2, 0) is 14.4 Å². The minimum atomic E-state index is -0.960. The Labute approximate surface area is 241 Å². The fourth-order valence-corrected chi connectivity index (χ4v) is 5.57. The molecule has 0 heterocycles. The minimum Gasteiger partial charge on any atom is -0.481 e. The minimum absolute atomic E-state index is 0.0138. The fraction of sp³-hybridized carbons (Fsp3) is 0.741. The molecule has 4 atom stereocenters. The summed E-state index contributed by atoms with van der Waals surface area (Å²) in [5, 5.41) is 28.7. The van der Waals surface area contributed by atoms with Gasteiger partial charge >= 0.3 is 17.9 Å². The summed E-state index contributed by atoms with van der Waals surface area (Å²) in [6.45, 7) is 10.4. The molecule has 1 aliphatic rings. The first-order chi connectivity index (χ1) is 17.9. The second-order valence-electron chi connectivity index (χ2n) is 10.5. The summed E-state index contributed by atoms with van der Waals surface area (Å²) < 4.78 is 1.27. The highest BCUT2D eigenvalue weighted by molar-refractivity contribution is 14.1. The van der Waals surface area contributed by atoms with Gasteiger partial charge in [0.25, 0.3) is 0 Å². The van der Waals surface area contributed by atoms with Crippen LogP contribution in [0.15, 0.2) is 21.3 Å². The highest BCUT2D eigenvalue weighted by atomic mass is 127. The van der Waals surface area contributed by atoms with Gasteiger partial charge in [-0.15, -0.1) is 0 Å². The Bertz CT molecular complexity index is 836. The summed E-state index contributed by atoms with van der Waals surface area (Å²) in [6.07, 6.45) is 7.22. The monoisotopic (exact) mass is 650 g/mol. The van der Waals surface area contributed by atoms with E-state index in [4.69, 9.17) is 5.73 Å². The Kier molecular flexibility index (Phi) is 16.3. The number of likely N-dealkylation sites (N-methyl/N-ethyl adjacent to an activating group) is 1. The van der Waals surface area contributed by atoms with Gasteiger partial charge in [-0.1, -0.05) is 31.6 Å². The van der Waals surface area contributed by atoms with E-state index in [9.17, 15) is 29.7 Å². The van der Waals surface area contributed by atoms with Crippen molar-refractivity contribution < 1.29 is 29.7 Å². The van der Waals surface area contributed by atoms with Crippen molar-refractivity contribution in [3.05, 3.63) is 21.3 Å². The van der Waals surface area contributed by atoms with Gasteiger partial charge in [0.05, 0.1) is 13.1 Å². The molecule has 0 aromatic carbocycles. The summed E-state index contributed by atoms with van der Waals surface area (Å²) in [6, 6.07) is -0.259. The molecule has 0 radical (unpaired) electrons. The van der Waals surface area contributed by atoms with Crippen LogP contribution in [0.3, 0.4) is 0 Å². The van der Waals surface area contributed by atoms with Gasteiger partial charge in [0.1, 0.15) is 0 Å². The van der Waals surface area contributed by atoms with Crippen molar-refractivity contribution in [2.75, 3.05) is 45.8 Å². The third-order valence-electron chi connectivity index (χ3n) is 7.19. The largest absolute Gasteiger partial charge is 0.481 e. The Morgan fingerprint density at radius 1 is 0.974 bits per heavy atom. The zero-order chi connectivity index (χ0) is 28.8. The van der Waals surface area contributed by atoms with Gasteiger partial charge in [-0.3, -0.25) is 29.1 Å². The van der Waals surface area contributed by atoms with Crippen molar-refractivity contribution in [1.29, 1.82) is 0 Å². The maximum absolute atomic E-state index is 12.0. The number of nitrogens with zero attached hydrogens (tertiary/aromatic N) is 3. The van der Waals surface area contributed by atoms with Crippen LogP contribution in [0.5, 0.6) is 0 Å². The number of aliphatic carboxylic acids is 3. The van der Waals surface area contributed by atoms with Crippen LogP contribution in [0.4, 0.5) is 0 Å². The topological polar surface area (TPSA) is 148 Å². The molecule has 0 aliphatic heterocycles. The third-order valence-corrected chi connectivity index (χ3v) is 8.09. The molecule has 0 bridgehead atoms. The lowest BCUT2D eigenvalue weighted by atomic mass is 9.89. The molecule has 38 heavy (non-hydrogen) atoms. The third kappa shape index (κ3) is 13.5. The zero-order valence-corrected chi connectivity index (χ0v) is 25.5. The van der Waals surface area contributed by atoms with Gasteiger partial charge in [-0.2, -0.15) is 0 Å². The summed E-state index contributed by atoms with van der Waals surface area (Å²) in [7, 11) is 0. The molecule has 11 heteroatoms. The zero-order valence-electron chi connectivity index (χ0n) is 23.3.